The van der Waals surface area contributed by atoms with E-state index in [4.69, 9.17) is 9.97 Å². The topological polar surface area (TPSA) is 90.0 Å². The van der Waals surface area contributed by atoms with Gasteiger partial charge in [-0.2, -0.15) is 5.10 Å². The van der Waals surface area contributed by atoms with Crippen molar-refractivity contribution in [1.82, 2.24) is 25.1 Å². The number of anilines is 3. The van der Waals surface area contributed by atoms with Crippen molar-refractivity contribution >= 4 is 35.0 Å². The standard InChI is InChI=1S/C29H31N7OS/c37-25(23-8-9-23)18-21-6-10-24(11-7-21)38-29-32-27(31-26-12-13-30-34-26)19-28(33-29)36-16-14-35(15-17-36)20-22-4-2-1-3-5-22/h1-7,10-13,19,23H,8-9,14-18,20H2,(H2,30,31,32,33,34). The molecule has 2 N–H and O–H groups in total. The van der Waals surface area contributed by atoms with E-state index in [-0.39, 0.29) is 0 Å². The van der Waals surface area contributed by atoms with Crippen LogP contribution in [0.1, 0.15) is 24.0 Å². The first-order valence-electron chi connectivity index (χ1n) is 13.1. The fraction of sp³-hybridized carbons (Fsp3) is 0.310. The molecular formula is C29H31N7OS. The lowest BCUT2D eigenvalue weighted by molar-refractivity contribution is -0.119. The Morgan fingerprint density at radius 2 is 1.74 bits per heavy atom. The molecule has 0 atom stereocenters. The summed E-state index contributed by atoms with van der Waals surface area (Å²) in [5.41, 5.74) is 2.41. The minimum Gasteiger partial charge on any atom is -0.354 e. The van der Waals surface area contributed by atoms with E-state index >= 15 is 0 Å². The van der Waals surface area contributed by atoms with Gasteiger partial charge in [0.1, 0.15) is 23.2 Å². The molecule has 6 rings (SSSR count). The number of aromatic nitrogens is 4. The van der Waals surface area contributed by atoms with Crippen LogP contribution in [0.3, 0.4) is 0 Å². The lowest BCUT2D eigenvalue weighted by atomic mass is 10.1. The van der Waals surface area contributed by atoms with Crippen molar-refractivity contribution in [2.45, 2.75) is 35.9 Å². The maximum absolute atomic E-state index is 12.2. The molecule has 2 aromatic carbocycles. The second kappa shape index (κ2) is 11.4. The van der Waals surface area contributed by atoms with E-state index in [1.54, 1.807) is 6.20 Å². The number of nitrogens with zero attached hydrogens (tertiary/aromatic N) is 5. The third-order valence-electron chi connectivity index (χ3n) is 6.94. The van der Waals surface area contributed by atoms with Crippen molar-refractivity contribution < 1.29 is 4.79 Å². The molecule has 0 unspecified atom stereocenters. The van der Waals surface area contributed by atoms with Crippen LogP contribution in [0, 0.1) is 5.92 Å². The van der Waals surface area contributed by atoms with Crippen molar-refractivity contribution in [1.29, 1.82) is 0 Å². The van der Waals surface area contributed by atoms with Gasteiger partial charge in [0.15, 0.2) is 5.16 Å². The third kappa shape index (κ3) is 6.41. The van der Waals surface area contributed by atoms with Crippen LogP contribution >= 0.6 is 11.8 Å². The average Bonchev–Trinajstić information content (AvgIpc) is 3.68. The zero-order valence-corrected chi connectivity index (χ0v) is 22.0. The van der Waals surface area contributed by atoms with E-state index in [0.29, 0.717) is 23.3 Å². The molecular weight excluding hydrogens is 494 g/mol. The quantitative estimate of drug-likeness (QED) is 0.282. The SMILES string of the molecule is O=C(Cc1ccc(Sc2nc(Nc3ccn[nH]3)cc(N3CCN(Cc4ccccc4)CC3)n2)cc1)C1CC1. The number of piperazine rings is 1. The van der Waals surface area contributed by atoms with Crippen LogP contribution < -0.4 is 10.2 Å². The molecule has 1 saturated heterocycles. The van der Waals surface area contributed by atoms with Crippen LogP contribution in [0.25, 0.3) is 0 Å². The molecule has 0 bridgehead atoms. The Kier molecular flexibility index (Phi) is 7.37. The molecule has 2 aliphatic rings. The van der Waals surface area contributed by atoms with Crippen LogP contribution in [-0.4, -0.2) is 57.0 Å². The molecule has 3 heterocycles. The summed E-state index contributed by atoms with van der Waals surface area (Å²) in [5, 5.41) is 11.0. The molecule has 8 nitrogen and oxygen atoms in total. The summed E-state index contributed by atoms with van der Waals surface area (Å²) in [7, 11) is 0. The summed E-state index contributed by atoms with van der Waals surface area (Å²) < 4.78 is 0. The Morgan fingerprint density at radius 1 is 0.947 bits per heavy atom. The number of H-pyrrole nitrogens is 1. The predicted octanol–water partition coefficient (Wildman–Crippen LogP) is 4.94. The van der Waals surface area contributed by atoms with E-state index in [2.05, 4.69) is 67.8 Å². The molecule has 0 amide bonds. The summed E-state index contributed by atoms with van der Waals surface area (Å²) in [4.78, 5) is 27.7. The molecule has 194 valence electrons. The smallest absolute Gasteiger partial charge is 0.196 e. The van der Waals surface area contributed by atoms with Gasteiger partial charge in [0.05, 0.1) is 6.20 Å². The number of Topliss-reactive ketones (excluding diaryl/α,β-unsaturated/α-hetero) is 1. The zero-order chi connectivity index (χ0) is 25.7. The normalized spacial score (nSPS) is 15.9. The number of nitrogens with one attached hydrogen (secondary N) is 2. The van der Waals surface area contributed by atoms with Crippen LogP contribution in [0.15, 0.2) is 83.0 Å². The van der Waals surface area contributed by atoms with Gasteiger partial charge in [0.2, 0.25) is 0 Å². The van der Waals surface area contributed by atoms with Crippen molar-refractivity contribution in [3.05, 3.63) is 84.1 Å². The highest BCUT2D eigenvalue weighted by Gasteiger charge is 2.29. The number of carbonyl (C=O) groups excluding carboxylic acids is 1. The van der Waals surface area contributed by atoms with E-state index < -0.39 is 0 Å². The molecule has 9 heteroatoms. The average molecular weight is 526 g/mol. The fourth-order valence-corrected chi connectivity index (χ4v) is 5.42. The van der Waals surface area contributed by atoms with Gasteiger partial charge >= 0.3 is 0 Å². The van der Waals surface area contributed by atoms with Crippen molar-refractivity contribution in [3.8, 4) is 0 Å². The first-order chi connectivity index (χ1) is 18.7. The maximum atomic E-state index is 12.2. The molecule has 4 aromatic rings. The van der Waals surface area contributed by atoms with Crippen LogP contribution in [0.5, 0.6) is 0 Å². The van der Waals surface area contributed by atoms with Gasteiger partial charge < -0.3 is 10.2 Å². The summed E-state index contributed by atoms with van der Waals surface area (Å²) in [6.07, 6.45) is 4.34. The van der Waals surface area contributed by atoms with E-state index in [0.717, 1.165) is 73.5 Å². The Balaban J connectivity index is 1.15. The molecule has 1 aliphatic heterocycles. The summed E-state index contributed by atoms with van der Waals surface area (Å²) in [5.74, 6) is 3.07. The minimum absolute atomic E-state index is 0.293. The number of benzene rings is 2. The third-order valence-corrected chi connectivity index (χ3v) is 7.82. The van der Waals surface area contributed by atoms with Crippen LogP contribution in [-0.2, 0) is 17.8 Å². The number of hydrogen-bond acceptors (Lipinski definition) is 8. The Bertz CT molecular complexity index is 1350. The minimum atomic E-state index is 0.293. The predicted molar refractivity (Wildman–Crippen MR) is 150 cm³/mol. The highest BCUT2D eigenvalue weighted by molar-refractivity contribution is 7.99. The summed E-state index contributed by atoms with van der Waals surface area (Å²) >= 11 is 1.53. The Morgan fingerprint density at radius 3 is 2.45 bits per heavy atom. The number of aromatic amines is 1. The Hall–Kier alpha value is -3.69. The molecule has 1 aliphatic carbocycles. The molecule has 2 fully saturated rings. The van der Waals surface area contributed by atoms with Gasteiger partial charge in [-0.25, -0.2) is 9.97 Å². The van der Waals surface area contributed by atoms with E-state index in [1.807, 2.05) is 24.3 Å². The number of rotatable bonds is 10. The van der Waals surface area contributed by atoms with Gasteiger partial charge in [0.25, 0.3) is 0 Å². The highest BCUT2D eigenvalue weighted by atomic mass is 32.2. The van der Waals surface area contributed by atoms with Crippen LogP contribution in [0.2, 0.25) is 0 Å². The van der Waals surface area contributed by atoms with Crippen molar-refractivity contribution in [3.63, 3.8) is 0 Å². The van der Waals surface area contributed by atoms with Gasteiger partial charge in [-0.1, -0.05) is 42.5 Å². The van der Waals surface area contributed by atoms with Gasteiger partial charge in [-0.05, 0) is 47.9 Å². The zero-order valence-electron chi connectivity index (χ0n) is 21.2. The molecule has 0 radical (unpaired) electrons. The maximum Gasteiger partial charge on any atom is 0.196 e. The van der Waals surface area contributed by atoms with E-state index in [1.165, 1.54) is 17.3 Å². The van der Waals surface area contributed by atoms with Crippen molar-refractivity contribution in [2.75, 3.05) is 36.4 Å². The highest BCUT2D eigenvalue weighted by Crippen LogP contribution is 2.32. The van der Waals surface area contributed by atoms with Crippen molar-refractivity contribution in [2.24, 2.45) is 5.92 Å². The number of carbonyl (C=O) groups is 1. The van der Waals surface area contributed by atoms with Crippen LogP contribution in [0.4, 0.5) is 17.5 Å². The molecule has 38 heavy (non-hydrogen) atoms. The largest absolute Gasteiger partial charge is 0.354 e. The molecule has 2 aromatic heterocycles. The monoisotopic (exact) mass is 525 g/mol. The lowest BCUT2D eigenvalue weighted by Crippen LogP contribution is -2.46. The van der Waals surface area contributed by atoms with Gasteiger partial charge in [-0.15, -0.1) is 0 Å². The first-order valence-corrected chi connectivity index (χ1v) is 14.0. The number of hydrogen-bond donors (Lipinski definition) is 2. The van der Waals surface area contributed by atoms with Gasteiger partial charge in [-0.3, -0.25) is 14.8 Å². The second-order valence-electron chi connectivity index (χ2n) is 9.90. The fourth-order valence-electron chi connectivity index (χ4n) is 4.66. The summed E-state index contributed by atoms with van der Waals surface area (Å²) in [6.45, 7) is 4.73. The molecule has 1 saturated carbocycles. The lowest BCUT2D eigenvalue weighted by Gasteiger charge is -2.35. The number of ketones is 1. The summed E-state index contributed by atoms with van der Waals surface area (Å²) in [6, 6.07) is 22.7. The first kappa shape index (κ1) is 24.6. The second-order valence-corrected chi connectivity index (χ2v) is 10.9. The Labute approximate surface area is 226 Å². The van der Waals surface area contributed by atoms with Gasteiger partial charge in [0, 0.05) is 62.1 Å². The van der Waals surface area contributed by atoms with E-state index in [9.17, 15) is 4.79 Å². The molecule has 0 spiro atoms.